The van der Waals surface area contributed by atoms with Gasteiger partial charge in [-0.1, -0.05) is 79.3 Å². The number of benzene rings is 2. The number of carbonyl (C=O) groups is 6. The predicted molar refractivity (Wildman–Crippen MR) is 346 cm³/mol. The van der Waals surface area contributed by atoms with Gasteiger partial charge in [0.2, 0.25) is 40.0 Å². The molecule has 7 aliphatic rings. The van der Waals surface area contributed by atoms with E-state index in [2.05, 4.69) is 26.5 Å². The van der Waals surface area contributed by atoms with Crippen LogP contribution in [0.3, 0.4) is 0 Å². The number of para-hydroxylation sites is 4. The molecule has 2 saturated heterocycles. The van der Waals surface area contributed by atoms with Crippen molar-refractivity contribution in [3.8, 4) is 11.8 Å². The minimum Gasteiger partial charge on any atom is -0.471 e. The SMILES string of the molecule is C.C=CC(F)(F)c1nc2ccccc2nc1O[C@H]1CN(C(=O)OC(C)(C)C)[C@H](C(=O)OC(C)(C)C)[C@@H]1C.C[C@@H]1[C@@H]2CN(C(=O)[C@H](C(C)(C)C)CC(=O)O[C@@H]3C[C@@H]4C[C@@H]4[C@H]3CCCCC(F)(F)c3nc4ccccc4nc3O2)[C@@H]1C(=O)C[C@]1(C(=O)NS(=O)(=O)C2(C)CC2)C[C@H]1C(F)F. The van der Waals surface area contributed by atoms with Crippen LogP contribution in [0.25, 0.3) is 22.1 Å². The Hall–Kier alpha value is -7.19. The highest BCUT2D eigenvalue weighted by molar-refractivity contribution is 7.91. The molecule has 13 atom stereocenters. The van der Waals surface area contributed by atoms with Gasteiger partial charge in [0.1, 0.15) is 35.6 Å². The van der Waals surface area contributed by atoms with Gasteiger partial charge < -0.3 is 28.6 Å². The number of hydrogen-bond donors (Lipinski definition) is 1. The smallest absolute Gasteiger partial charge is 0.411 e. The summed E-state index contributed by atoms with van der Waals surface area (Å²) in [6, 6.07) is 10.5. The van der Waals surface area contributed by atoms with Gasteiger partial charge in [0.25, 0.3) is 5.92 Å². The van der Waals surface area contributed by atoms with E-state index in [0.717, 1.165) is 6.42 Å². The fraction of sp³-hybridized carbons (Fsp3) is 0.657. The topological polar surface area (TPSA) is 253 Å². The third-order valence-electron chi connectivity index (χ3n) is 20.0. The third-order valence-corrected chi connectivity index (χ3v) is 22.2. The lowest BCUT2D eigenvalue weighted by Gasteiger charge is -2.35. The molecule has 0 unspecified atom stereocenters. The number of allylic oxidation sites excluding steroid dienone is 1. The van der Waals surface area contributed by atoms with Crippen molar-refractivity contribution in [2.45, 2.75) is 226 Å². The van der Waals surface area contributed by atoms with E-state index in [1.54, 1.807) is 125 Å². The highest BCUT2D eigenvalue weighted by Gasteiger charge is 2.67. The number of rotatable bonds is 12. The number of esters is 2. The summed E-state index contributed by atoms with van der Waals surface area (Å²) < 4.78 is 147. The summed E-state index contributed by atoms with van der Waals surface area (Å²) >= 11 is 0. The Bertz CT molecular complexity index is 3820. The van der Waals surface area contributed by atoms with Crippen LogP contribution in [0.5, 0.6) is 11.8 Å². The molecule has 6 fully saturated rings. The van der Waals surface area contributed by atoms with Gasteiger partial charge in [-0.3, -0.25) is 28.8 Å². The van der Waals surface area contributed by atoms with Gasteiger partial charge in [0.15, 0.2) is 17.2 Å². The maximum atomic E-state index is 16.4. The summed E-state index contributed by atoms with van der Waals surface area (Å²) in [5.74, 6) is -15.3. The number of nitrogens with zero attached hydrogens (tertiary/aromatic N) is 6. The molecular formula is C70H91F6N7O13S. The fourth-order valence-corrected chi connectivity index (χ4v) is 15.4. The van der Waals surface area contributed by atoms with Crippen molar-refractivity contribution in [2.75, 3.05) is 13.1 Å². The van der Waals surface area contributed by atoms with Crippen molar-refractivity contribution in [1.29, 1.82) is 0 Å². The molecule has 0 spiro atoms. The van der Waals surface area contributed by atoms with Crippen LogP contribution >= 0.6 is 0 Å². The Morgan fingerprint density at radius 3 is 1.95 bits per heavy atom. The van der Waals surface area contributed by atoms with Crippen LogP contribution in [-0.2, 0) is 60.1 Å². The maximum absolute atomic E-state index is 16.4. The standard InChI is InChI=1S/C43H54F4N4O8S.C26H33F2N3O5.CH4/c1-22-32-21-51(34(22)30(52)20-42(19-27(42)36(44)45)39(55)50-60(56,57)41(5)14-15-41)38(54)26(40(2,3)4)18-33(53)58-31-17-23-16-25(23)24(31)10-8-9-13-43(46,47)35-37(59-32)49-29-12-7-6-11-28(29)48-35;1-9-26(27,28)20-21(30-17-13-11-10-12-16(17)29-20)34-18-14-31(23(33)36-25(6,7)8)19(15(18)2)22(32)35-24(3,4)5;/h6-7,11-12,22-27,31-32,34,36H,8-10,13-21H2,1-5H3,(H,50,55);9-13,15,18-19H,1,14H2,2-8H3;1H4/t22-,23+,24-,25+,26-,27+,31-,32+,34+,42-;15-,18+,19+;/m11./s1. The third kappa shape index (κ3) is 15.6. The van der Waals surface area contributed by atoms with E-state index >= 15 is 8.78 Å². The van der Waals surface area contributed by atoms with Gasteiger partial charge >= 0.3 is 24.0 Å². The Morgan fingerprint density at radius 2 is 1.38 bits per heavy atom. The van der Waals surface area contributed by atoms with Crippen LogP contribution < -0.4 is 14.2 Å². The van der Waals surface area contributed by atoms with E-state index in [0.29, 0.717) is 42.7 Å². The summed E-state index contributed by atoms with van der Waals surface area (Å²) in [5, 5.41) is 0. The van der Waals surface area contributed by atoms with Crippen molar-refractivity contribution < 1.29 is 87.2 Å². The fourth-order valence-electron chi connectivity index (χ4n) is 14.0. The van der Waals surface area contributed by atoms with Crippen molar-refractivity contribution in [3.05, 3.63) is 72.6 Å². The van der Waals surface area contributed by atoms with E-state index in [-0.39, 0.29) is 68.7 Å². The lowest BCUT2D eigenvalue weighted by molar-refractivity contribution is -0.161. The molecule has 532 valence electrons. The van der Waals surface area contributed by atoms with Crippen molar-refractivity contribution >= 4 is 67.7 Å². The quantitative estimate of drug-likeness (QED) is 0.0599. The molecule has 4 saturated carbocycles. The number of hydrogen-bond acceptors (Lipinski definition) is 17. The number of halogens is 6. The number of nitrogens with one attached hydrogen (secondary N) is 1. The first-order valence-electron chi connectivity index (χ1n) is 32.9. The average Bonchev–Trinajstić information content (AvgIpc) is 1.57. The molecular weight excluding hydrogens is 1290 g/mol. The molecule has 20 nitrogen and oxygen atoms in total. The van der Waals surface area contributed by atoms with Gasteiger partial charge in [0.05, 0.1) is 63.7 Å². The molecule has 4 aromatic rings. The number of alkyl halides is 6. The zero-order valence-corrected chi connectivity index (χ0v) is 57.1. The Labute approximate surface area is 562 Å². The number of Topliss-reactive ketones (excluding diaryl/α,β-unsaturated/α-hetero) is 1. The van der Waals surface area contributed by atoms with Gasteiger partial charge in [-0.25, -0.2) is 46.7 Å². The monoisotopic (exact) mass is 1380 g/mol. The molecule has 11 rings (SSSR count). The van der Waals surface area contributed by atoms with Crippen LogP contribution in [0.4, 0.5) is 31.1 Å². The number of carbonyl (C=O) groups excluding carboxylic acids is 6. The number of aromatic nitrogens is 4. The van der Waals surface area contributed by atoms with Crippen LogP contribution in [0.2, 0.25) is 0 Å². The Morgan fingerprint density at radius 1 is 0.784 bits per heavy atom. The van der Waals surface area contributed by atoms with E-state index in [1.165, 1.54) is 16.7 Å². The van der Waals surface area contributed by atoms with Crippen molar-refractivity contribution in [2.24, 2.45) is 52.3 Å². The number of sulfonamides is 1. The molecule has 5 heterocycles. The number of ketones is 1. The summed E-state index contributed by atoms with van der Waals surface area (Å²) in [6.07, 6.45) is -4.52. The molecule has 2 bridgehead atoms. The minimum absolute atomic E-state index is 0. The van der Waals surface area contributed by atoms with Gasteiger partial charge in [-0.15, -0.1) is 0 Å². The molecule has 4 aliphatic carbocycles. The predicted octanol–water partition coefficient (Wildman–Crippen LogP) is 12.6. The summed E-state index contributed by atoms with van der Waals surface area (Å²) in [5.41, 5.74) is -4.85. The summed E-state index contributed by atoms with van der Waals surface area (Å²) in [7, 11) is -4.25. The molecule has 97 heavy (non-hydrogen) atoms. The number of fused-ring (bicyclic) bond motifs is 8. The first-order valence-corrected chi connectivity index (χ1v) is 34.4. The average molecular weight is 1380 g/mol. The minimum atomic E-state index is -4.25. The second-order valence-electron chi connectivity index (χ2n) is 30.6. The van der Waals surface area contributed by atoms with E-state index in [9.17, 15) is 54.7 Å². The molecule has 2 aromatic carbocycles. The lowest BCUT2D eigenvalue weighted by Crippen LogP contribution is -2.50. The molecule has 0 radical (unpaired) electrons. The second kappa shape index (κ2) is 26.8. The maximum Gasteiger partial charge on any atom is 0.411 e. The van der Waals surface area contributed by atoms with Crippen molar-refractivity contribution in [1.82, 2.24) is 34.5 Å². The van der Waals surface area contributed by atoms with Gasteiger partial charge in [-0.2, -0.15) is 17.6 Å². The Balaban J connectivity index is 0.000000256. The molecule has 2 aromatic heterocycles. The highest BCUT2D eigenvalue weighted by Crippen LogP contribution is 2.60. The van der Waals surface area contributed by atoms with Crippen LogP contribution in [0.1, 0.15) is 173 Å². The highest BCUT2D eigenvalue weighted by atomic mass is 32.2. The first kappa shape index (κ1) is 74.0. The molecule has 1 N–H and O–H groups in total. The molecule has 3 amide bonds. The first-order chi connectivity index (χ1) is 44.6. The second-order valence-corrected chi connectivity index (χ2v) is 32.8. The molecule has 27 heteroatoms. The molecule has 3 aliphatic heterocycles. The van der Waals surface area contributed by atoms with E-state index < -0.39 is 187 Å². The summed E-state index contributed by atoms with van der Waals surface area (Å²) in [4.78, 5) is 103. The normalized spacial score (nSPS) is 29.4. The lowest BCUT2D eigenvalue weighted by atomic mass is 9.77. The largest absolute Gasteiger partial charge is 0.471 e. The summed E-state index contributed by atoms with van der Waals surface area (Å²) in [6.45, 7) is 23.0. The van der Waals surface area contributed by atoms with Crippen LogP contribution in [0, 0.1) is 52.3 Å². The van der Waals surface area contributed by atoms with Crippen LogP contribution in [-0.4, -0.2) is 140 Å². The number of likely N-dealkylation sites (tertiary alicyclic amines) is 1. The zero-order valence-electron chi connectivity index (χ0n) is 56.3. The van der Waals surface area contributed by atoms with Crippen molar-refractivity contribution in [3.63, 3.8) is 0 Å². The Kier molecular flexibility index (Phi) is 20.5. The zero-order chi connectivity index (χ0) is 70.4. The van der Waals surface area contributed by atoms with E-state index in [1.807, 2.05) is 4.72 Å². The van der Waals surface area contributed by atoms with Gasteiger partial charge in [-0.05, 0) is 147 Å². The number of ether oxygens (including phenoxy) is 5. The van der Waals surface area contributed by atoms with E-state index in [4.69, 9.17) is 23.7 Å². The van der Waals surface area contributed by atoms with Gasteiger partial charge in [0, 0.05) is 30.6 Å². The number of amides is 3. The van der Waals surface area contributed by atoms with Crippen LogP contribution in [0.15, 0.2) is 61.2 Å².